The summed E-state index contributed by atoms with van der Waals surface area (Å²) in [7, 11) is 0. The maximum atomic E-state index is 10.0. The molecule has 0 aliphatic rings. The number of aliphatic hydroxyl groups excluding tert-OH is 1. The zero-order valence-electron chi connectivity index (χ0n) is 7.86. The van der Waals surface area contributed by atoms with Crippen molar-refractivity contribution in [3.63, 3.8) is 0 Å². The molecule has 0 aromatic rings. The van der Waals surface area contributed by atoms with Crippen molar-refractivity contribution in [3.8, 4) is 0 Å². The minimum atomic E-state index is -0.824. The van der Waals surface area contributed by atoms with Crippen LogP contribution >= 0.6 is 0 Å². The third-order valence-corrected chi connectivity index (χ3v) is 1.74. The van der Waals surface area contributed by atoms with Crippen molar-refractivity contribution in [2.24, 2.45) is 5.92 Å². The number of aliphatic hydroxyl groups is 1. The molecule has 0 rings (SSSR count). The Morgan fingerprint density at radius 1 is 1.50 bits per heavy atom. The number of carbonyl (C=O) groups excluding carboxylic acids is 1. The predicted molar refractivity (Wildman–Crippen MR) is 49.9 cm³/mol. The van der Waals surface area contributed by atoms with Crippen LogP contribution in [0, 0.1) is 5.92 Å². The van der Waals surface area contributed by atoms with Crippen molar-refractivity contribution in [2.45, 2.75) is 39.2 Å². The van der Waals surface area contributed by atoms with Gasteiger partial charge in [0.25, 0.3) is 0 Å². The van der Waals surface area contributed by atoms with Crippen molar-refractivity contribution < 1.29 is 9.90 Å². The van der Waals surface area contributed by atoms with Crippen molar-refractivity contribution in [2.75, 3.05) is 0 Å². The van der Waals surface area contributed by atoms with E-state index in [-0.39, 0.29) is 0 Å². The number of aldehydes is 1. The highest BCUT2D eigenvalue weighted by Gasteiger charge is 1.97. The summed E-state index contributed by atoms with van der Waals surface area (Å²) in [5, 5.41) is 8.88. The standard InChI is InChI=1S/C10H18O2/c1-3-5-9(2)6-4-7-10(12)8-11/h4,6,8-10,12H,3,5,7H2,1-2H3. The Hall–Kier alpha value is -0.630. The molecule has 0 aromatic heterocycles. The van der Waals surface area contributed by atoms with E-state index >= 15 is 0 Å². The number of hydrogen-bond donors (Lipinski definition) is 1. The minimum absolute atomic E-state index is 0.442. The number of hydrogen-bond acceptors (Lipinski definition) is 2. The van der Waals surface area contributed by atoms with Crippen LogP contribution in [0.5, 0.6) is 0 Å². The van der Waals surface area contributed by atoms with E-state index in [1.54, 1.807) is 0 Å². The van der Waals surface area contributed by atoms with E-state index in [0.717, 1.165) is 6.42 Å². The maximum Gasteiger partial charge on any atom is 0.148 e. The van der Waals surface area contributed by atoms with Crippen LogP contribution in [0.25, 0.3) is 0 Å². The van der Waals surface area contributed by atoms with Crippen molar-refractivity contribution in [1.29, 1.82) is 0 Å². The molecule has 2 atom stereocenters. The summed E-state index contributed by atoms with van der Waals surface area (Å²) in [6.45, 7) is 4.28. The SMILES string of the molecule is CCCC(C)C=CCC(O)C=O. The van der Waals surface area contributed by atoms with Gasteiger partial charge in [-0.05, 0) is 18.8 Å². The zero-order chi connectivity index (χ0) is 9.40. The normalized spacial score (nSPS) is 16.2. The van der Waals surface area contributed by atoms with E-state index in [9.17, 15) is 4.79 Å². The molecule has 12 heavy (non-hydrogen) atoms. The second-order valence-corrected chi connectivity index (χ2v) is 3.13. The zero-order valence-corrected chi connectivity index (χ0v) is 7.86. The Balaban J connectivity index is 3.53. The second kappa shape index (κ2) is 7.04. The molecule has 0 radical (unpaired) electrons. The molecule has 0 saturated carbocycles. The number of rotatable bonds is 6. The quantitative estimate of drug-likeness (QED) is 0.488. The fourth-order valence-corrected chi connectivity index (χ4v) is 1.06. The van der Waals surface area contributed by atoms with Gasteiger partial charge in [-0.15, -0.1) is 0 Å². The molecular formula is C10H18O2. The van der Waals surface area contributed by atoms with E-state index in [1.165, 1.54) is 6.42 Å². The highest BCUT2D eigenvalue weighted by Crippen LogP contribution is 2.06. The lowest BCUT2D eigenvalue weighted by atomic mass is 10.1. The molecule has 0 bridgehead atoms. The summed E-state index contributed by atoms with van der Waals surface area (Å²) in [4.78, 5) is 10.0. The van der Waals surface area contributed by atoms with Gasteiger partial charge in [-0.3, -0.25) is 0 Å². The Morgan fingerprint density at radius 3 is 2.67 bits per heavy atom. The van der Waals surface area contributed by atoms with Crippen LogP contribution in [0.2, 0.25) is 0 Å². The summed E-state index contributed by atoms with van der Waals surface area (Å²) < 4.78 is 0. The molecule has 0 aliphatic heterocycles. The molecule has 0 spiro atoms. The van der Waals surface area contributed by atoms with Crippen LogP contribution in [0.3, 0.4) is 0 Å². The van der Waals surface area contributed by atoms with Crippen LogP contribution in [0.4, 0.5) is 0 Å². The van der Waals surface area contributed by atoms with Gasteiger partial charge in [-0.1, -0.05) is 32.4 Å². The highest BCUT2D eigenvalue weighted by molar-refractivity contribution is 5.55. The molecule has 0 heterocycles. The summed E-state index contributed by atoms with van der Waals surface area (Å²) in [6, 6.07) is 0. The Kier molecular flexibility index (Phi) is 6.67. The molecule has 0 aliphatic carbocycles. The monoisotopic (exact) mass is 170 g/mol. The summed E-state index contributed by atoms with van der Waals surface area (Å²) in [6.07, 6.45) is 6.44. The third kappa shape index (κ3) is 6.10. The fourth-order valence-electron chi connectivity index (χ4n) is 1.06. The molecular weight excluding hydrogens is 152 g/mol. The Labute approximate surface area is 74.3 Å². The first kappa shape index (κ1) is 11.4. The first-order valence-electron chi connectivity index (χ1n) is 4.50. The fraction of sp³-hybridized carbons (Fsp3) is 0.700. The van der Waals surface area contributed by atoms with Gasteiger partial charge in [-0.2, -0.15) is 0 Å². The van der Waals surface area contributed by atoms with Crippen LogP contribution in [0.15, 0.2) is 12.2 Å². The van der Waals surface area contributed by atoms with Crippen molar-refractivity contribution >= 4 is 6.29 Å². The number of allylic oxidation sites excluding steroid dienone is 1. The second-order valence-electron chi connectivity index (χ2n) is 3.13. The molecule has 0 fully saturated rings. The van der Waals surface area contributed by atoms with Gasteiger partial charge < -0.3 is 9.90 Å². The van der Waals surface area contributed by atoms with Gasteiger partial charge in [0.1, 0.15) is 12.4 Å². The van der Waals surface area contributed by atoms with Gasteiger partial charge in [0.05, 0.1) is 0 Å². The van der Waals surface area contributed by atoms with Gasteiger partial charge in [0.15, 0.2) is 0 Å². The van der Waals surface area contributed by atoms with Gasteiger partial charge in [0, 0.05) is 0 Å². The van der Waals surface area contributed by atoms with Crippen LogP contribution in [-0.4, -0.2) is 17.5 Å². The molecule has 0 saturated heterocycles. The van der Waals surface area contributed by atoms with Crippen molar-refractivity contribution in [3.05, 3.63) is 12.2 Å². The van der Waals surface area contributed by atoms with E-state index in [0.29, 0.717) is 18.6 Å². The first-order chi connectivity index (χ1) is 5.70. The number of carbonyl (C=O) groups is 1. The van der Waals surface area contributed by atoms with Crippen LogP contribution in [-0.2, 0) is 4.79 Å². The minimum Gasteiger partial charge on any atom is -0.385 e. The summed E-state index contributed by atoms with van der Waals surface area (Å²) in [5.41, 5.74) is 0. The average Bonchev–Trinajstić information content (AvgIpc) is 2.04. The molecule has 0 aromatic carbocycles. The third-order valence-electron chi connectivity index (χ3n) is 1.74. The van der Waals surface area contributed by atoms with Crippen molar-refractivity contribution in [1.82, 2.24) is 0 Å². The van der Waals surface area contributed by atoms with Crippen LogP contribution in [0.1, 0.15) is 33.1 Å². The van der Waals surface area contributed by atoms with Gasteiger partial charge >= 0.3 is 0 Å². The molecule has 2 nitrogen and oxygen atoms in total. The van der Waals surface area contributed by atoms with E-state index < -0.39 is 6.10 Å². The smallest absolute Gasteiger partial charge is 0.148 e. The van der Waals surface area contributed by atoms with Gasteiger partial charge in [0.2, 0.25) is 0 Å². The Morgan fingerprint density at radius 2 is 2.17 bits per heavy atom. The highest BCUT2D eigenvalue weighted by atomic mass is 16.3. The van der Waals surface area contributed by atoms with Crippen LogP contribution < -0.4 is 0 Å². The lowest BCUT2D eigenvalue weighted by Gasteiger charge is -2.02. The molecule has 0 amide bonds. The topological polar surface area (TPSA) is 37.3 Å². The largest absolute Gasteiger partial charge is 0.385 e. The summed E-state index contributed by atoms with van der Waals surface area (Å²) >= 11 is 0. The lowest BCUT2D eigenvalue weighted by Crippen LogP contribution is -2.05. The van der Waals surface area contributed by atoms with Gasteiger partial charge in [-0.25, -0.2) is 0 Å². The average molecular weight is 170 g/mol. The van der Waals surface area contributed by atoms with E-state index in [1.807, 2.05) is 6.08 Å². The molecule has 2 heteroatoms. The Bertz CT molecular complexity index is 141. The summed E-state index contributed by atoms with van der Waals surface area (Å²) in [5.74, 6) is 0.550. The first-order valence-corrected chi connectivity index (χ1v) is 4.50. The lowest BCUT2D eigenvalue weighted by molar-refractivity contribution is -0.114. The van der Waals surface area contributed by atoms with E-state index in [2.05, 4.69) is 19.9 Å². The maximum absolute atomic E-state index is 10.0. The molecule has 70 valence electrons. The van der Waals surface area contributed by atoms with E-state index in [4.69, 9.17) is 5.11 Å². The molecule has 1 N–H and O–H groups in total. The predicted octanol–water partition coefficient (Wildman–Crippen LogP) is 1.93. The molecule has 2 unspecified atom stereocenters.